The molecule has 0 aliphatic rings. The zero-order chi connectivity index (χ0) is 15.5. The Hall–Kier alpha value is -1.20. The molecule has 0 saturated carbocycles. The number of ether oxygens (including phenoxy) is 1. The van der Waals surface area contributed by atoms with Gasteiger partial charge in [0.15, 0.2) is 5.82 Å². The number of nitrogens with zero attached hydrogens (tertiary/aromatic N) is 3. The summed E-state index contributed by atoms with van der Waals surface area (Å²) < 4.78 is 7.34. The SMILES string of the molecule is COCCn1c(CBr)nnc1-c1ccccc1C(C)(C)C. The van der Waals surface area contributed by atoms with E-state index in [4.69, 9.17) is 4.74 Å². The van der Waals surface area contributed by atoms with E-state index in [1.807, 2.05) is 6.07 Å². The Morgan fingerprint density at radius 2 is 1.90 bits per heavy atom. The standard InChI is InChI=1S/C16H22BrN3O/c1-16(2,3)13-8-6-5-7-12(13)15-19-18-14(11-17)20(15)9-10-21-4/h5-8H,9-11H2,1-4H3. The average molecular weight is 352 g/mol. The summed E-state index contributed by atoms with van der Waals surface area (Å²) in [5.74, 6) is 1.83. The Balaban J connectivity index is 2.54. The molecule has 2 rings (SSSR count). The van der Waals surface area contributed by atoms with E-state index in [-0.39, 0.29) is 5.41 Å². The predicted molar refractivity (Wildman–Crippen MR) is 88.7 cm³/mol. The molecule has 0 spiro atoms. The fourth-order valence-corrected chi connectivity index (χ4v) is 2.80. The van der Waals surface area contributed by atoms with Crippen molar-refractivity contribution in [2.24, 2.45) is 0 Å². The first-order valence-electron chi connectivity index (χ1n) is 7.06. The molecule has 0 saturated heterocycles. The van der Waals surface area contributed by atoms with E-state index in [0.29, 0.717) is 11.9 Å². The number of benzene rings is 1. The summed E-state index contributed by atoms with van der Waals surface area (Å²) in [6.45, 7) is 8.04. The second-order valence-corrected chi connectivity index (χ2v) is 6.57. The van der Waals surface area contributed by atoms with Gasteiger partial charge in [0, 0.05) is 19.2 Å². The molecule has 0 atom stereocenters. The van der Waals surface area contributed by atoms with Crippen LogP contribution >= 0.6 is 15.9 Å². The molecular weight excluding hydrogens is 330 g/mol. The van der Waals surface area contributed by atoms with Crippen molar-refractivity contribution < 1.29 is 4.74 Å². The largest absolute Gasteiger partial charge is 0.383 e. The molecule has 2 aromatic rings. The first kappa shape index (κ1) is 16.2. The molecule has 0 amide bonds. The third-order valence-corrected chi connectivity index (χ3v) is 3.94. The number of halogens is 1. The van der Waals surface area contributed by atoms with Crippen LogP contribution in [0.3, 0.4) is 0 Å². The normalized spacial score (nSPS) is 11.9. The van der Waals surface area contributed by atoms with Crippen molar-refractivity contribution in [3.05, 3.63) is 35.7 Å². The molecule has 0 fully saturated rings. The first-order chi connectivity index (χ1) is 9.99. The second-order valence-electron chi connectivity index (χ2n) is 6.01. The summed E-state index contributed by atoms with van der Waals surface area (Å²) in [5.41, 5.74) is 2.47. The highest BCUT2D eigenvalue weighted by Crippen LogP contribution is 2.32. The molecule has 0 bridgehead atoms. The molecule has 5 heteroatoms. The number of methoxy groups -OCH3 is 1. The fourth-order valence-electron chi connectivity index (χ4n) is 2.38. The number of aromatic nitrogens is 3. The Labute approximate surface area is 134 Å². The molecule has 0 aliphatic carbocycles. The highest BCUT2D eigenvalue weighted by atomic mass is 79.9. The lowest BCUT2D eigenvalue weighted by Gasteiger charge is -2.22. The van der Waals surface area contributed by atoms with E-state index in [1.165, 1.54) is 5.56 Å². The van der Waals surface area contributed by atoms with E-state index in [1.54, 1.807) is 7.11 Å². The summed E-state index contributed by atoms with van der Waals surface area (Å²) >= 11 is 3.48. The molecule has 0 N–H and O–H groups in total. The molecule has 1 aromatic heterocycles. The summed E-state index contributed by atoms with van der Waals surface area (Å²) in [6.07, 6.45) is 0. The molecule has 1 heterocycles. The highest BCUT2D eigenvalue weighted by molar-refractivity contribution is 9.08. The first-order valence-corrected chi connectivity index (χ1v) is 8.18. The van der Waals surface area contributed by atoms with Crippen molar-refractivity contribution in [3.8, 4) is 11.4 Å². The maximum Gasteiger partial charge on any atom is 0.164 e. The molecule has 0 radical (unpaired) electrons. The van der Waals surface area contributed by atoms with E-state index < -0.39 is 0 Å². The topological polar surface area (TPSA) is 39.9 Å². The molecular formula is C16H22BrN3O. The summed E-state index contributed by atoms with van der Waals surface area (Å²) in [6, 6.07) is 8.41. The molecule has 4 nitrogen and oxygen atoms in total. The Morgan fingerprint density at radius 3 is 2.52 bits per heavy atom. The number of alkyl halides is 1. The summed E-state index contributed by atoms with van der Waals surface area (Å²) in [4.78, 5) is 0. The van der Waals surface area contributed by atoms with Gasteiger partial charge in [0.05, 0.1) is 11.9 Å². The zero-order valence-corrected chi connectivity index (χ0v) is 14.6. The van der Waals surface area contributed by atoms with E-state index in [0.717, 1.165) is 23.8 Å². The van der Waals surface area contributed by atoms with Crippen molar-refractivity contribution in [2.45, 2.75) is 38.1 Å². The van der Waals surface area contributed by atoms with Crippen LogP contribution in [0.25, 0.3) is 11.4 Å². The van der Waals surface area contributed by atoms with Gasteiger partial charge >= 0.3 is 0 Å². The van der Waals surface area contributed by atoms with Gasteiger partial charge in [-0.1, -0.05) is 61.0 Å². The molecule has 21 heavy (non-hydrogen) atoms. The van der Waals surface area contributed by atoms with Gasteiger partial charge in [0.2, 0.25) is 0 Å². The van der Waals surface area contributed by atoms with Gasteiger partial charge in [0.1, 0.15) is 5.82 Å². The van der Waals surface area contributed by atoms with Crippen LogP contribution in [0, 0.1) is 0 Å². The van der Waals surface area contributed by atoms with Gasteiger partial charge in [-0.25, -0.2) is 0 Å². The molecule has 0 unspecified atom stereocenters. The van der Waals surface area contributed by atoms with E-state index in [9.17, 15) is 0 Å². The monoisotopic (exact) mass is 351 g/mol. The quantitative estimate of drug-likeness (QED) is 0.769. The minimum absolute atomic E-state index is 0.0587. The van der Waals surface area contributed by atoms with Crippen molar-refractivity contribution >= 4 is 15.9 Å². The second kappa shape index (κ2) is 6.71. The van der Waals surface area contributed by atoms with Crippen LogP contribution in [0.5, 0.6) is 0 Å². The van der Waals surface area contributed by atoms with Crippen LogP contribution in [0.15, 0.2) is 24.3 Å². The van der Waals surface area contributed by atoms with Crippen LogP contribution in [-0.4, -0.2) is 28.5 Å². The molecule has 1 aromatic carbocycles. The lowest BCUT2D eigenvalue weighted by atomic mass is 9.83. The summed E-state index contributed by atoms with van der Waals surface area (Å²) in [7, 11) is 1.71. The third kappa shape index (κ3) is 3.52. The fraction of sp³-hybridized carbons (Fsp3) is 0.500. The highest BCUT2D eigenvalue weighted by Gasteiger charge is 2.22. The van der Waals surface area contributed by atoms with Crippen LogP contribution in [0.4, 0.5) is 0 Å². The van der Waals surface area contributed by atoms with Crippen molar-refractivity contribution in [1.82, 2.24) is 14.8 Å². The average Bonchev–Trinajstić information content (AvgIpc) is 2.86. The minimum Gasteiger partial charge on any atom is -0.383 e. The van der Waals surface area contributed by atoms with Crippen LogP contribution in [0.1, 0.15) is 32.2 Å². The smallest absolute Gasteiger partial charge is 0.164 e. The van der Waals surface area contributed by atoms with Crippen LogP contribution in [-0.2, 0) is 22.0 Å². The van der Waals surface area contributed by atoms with E-state index >= 15 is 0 Å². The van der Waals surface area contributed by atoms with Gasteiger partial charge in [-0.15, -0.1) is 10.2 Å². The van der Waals surface area contributed by atoms with Crippen molar-refractivity contribution in [1.29, 1.82) is 0 Å². The number of rotatable bonds is 5. The maximum absolute atomic E-state index is 5.21. The van der Waals surface area contributed by atoms with Gasteiger partial charge in [-0.2, -0.15) is 0 Å². The Kier molecular flexibility index (Phi) is 5.17. The Bertz CT molecular complexity index is 602. The minimum atomic E-state index is 0.0587. The maximum atomic E-state index is 5.21. The predicted octanol–water partition coefficient (Wildman–Crippen LogP) is 3.78. The van der Waals surface area contributed by atoms with Gasteiger partial charge in [-0.05, 0) is 11.0 Å². The summed E-state index contributed by atoms with van der Waals surface area (Å²) in [5, 5.41) is 9.39. The van der Waals surface area contributed by atoms with Crippen LogP contribution in [0.2, 0.25) is 0 Å². The van der Waals surface area contributed by atoms with Crippen molar-refractivity contribution in [2.75, 3.05) is 13.7 Å². The zero-order valence-electron chi connectivity index (χ0n) is 13.1. The molecule has 114 valence electrons. The lowest BCUT2D eigenvalue weighted by Crippen LogP contribution is -2.15. The number of hydrogen-bond acceptors (Lipinski definition) is 3. The van der Waals surface area contributed by atoms with Gasteiger partial charge < -0.3 is 9.30 Å². The van der Waals surface area contributed by atoms with Gasteiger partial charge in [0.25, 0.3) is 0 Å². The van der Waals surface area contributed by atoms with Crippen LogP contribution < -0.4 is 0 Å². The van der Waals surface area contributed by atoms with Gasteiger partial charge in [-0.3, -0.25) is 0 Å². The molecule has 0 aliphatic heterocycles. The number of hydrogen-bond donors (Lipinski definition) is 0. The third-order valence-electron chi connectivity index (χ3n) is 3.44. The lowest BCUT2D eigenvalue weighted by molar-refractivity contribution is 0.187. The van der Waals surface area contributed by atoms with Crippen molar-refractivity contribution in [3.63, 3.8) is 0 Å². The van der Waals surface area contributed by atoms with E-state index in [2.05, 4.69) is 69.7 Å². The Morgan fingerprint density at radius 1 is 1.19 bits per heavy atom.